The molecule has 7 heteroatoms. The number of hydrogen-bond donors (Lipinski definition) is 0. The Kier molecular flexibility index (Phi) is 5.43. The normalized spacial score (nSPS) is 10.6. The Morgan fingerprint density at radius 1 is 1.32 bits per heavy atom. The van der Waals surface area contributed by atoms with E-state index in [2.05, 4.69) is 25.7 Å². The minimum absolute atomic E-state index is 0.0870. The summed E-state index contributed by atoms with van der Waals surface area (Å²) in [6, 6.07) is 7.85. The van der Waals surface area contributed by atoms with Gasteiger partial charge in [0.1, 0.15) is 5.75 Å². The van der Waals surface area contributed by atoms with Crippen molar-refractivity contribution in [3.05, 3.63) is 58.3 Å². The number of ether oxygens (including phenoxy) is 1. The van der Waals surface area contributed by atoms with Gasteiger partial charge in [0, 0.05) is 30.5 Å². The van der Waals surface area contributed by atoms with Gasteiger partial charge >= 0.3 is 6.61 Å². The third-order valence-corrected chi connectivity index (χ3v) is 3.30. The fourth-order valence-electron chi connectivity index (χ4n) is 1.87. The van der Waals surface area contributed by atoms with Crippen LogP contribution in [-0.2, 0) is 6.54 Å². The van der Waals surface area contributed by atoms with E-state index in [-0.39, 0.29) is 11.7 Å². The van der Waals surface area contributed by atoms with E-state index in [9.17, 15) is 13.6 Å². The van der Waals surface area contributed by atoms with Crippen molar-refractivity contribution in [2.24, 2.45) is 0 Å². The van der Waals surface area contributed by atoms with Crippen molar-refractivity contribution >= 4 is 21.8 Å². The van der Waals surface area contributed by atoms with Crippen molar-refractivity contribution in [1.82, 2.24) is 9.88 Å². The lowest BCUT2D eigenvalue weighted by atomic mass is 10.2. The topological polar surface area (TPSA) is 42.4 Å². The van der Waals surface area contributed by atoms with Crippen molar-refractivity contribution < 1.29 is 18.3 Å². The number of carbonyl (C=O) groups excluding carboxylic acids is 1. The predicted molar refractivity (Wildman–Crippen MR) is 80.8 cm³/mol. The zero-order valence-electron chi connectivity index (χ0n) is 11.7. The first kappa shape index (κ1) is 16.4. The van der Waals surface area contributed by atoms with Crippen molar-refractivity contribution in [1.29, 1.82) is 0 Å². The highest BCUT2D eigenvalue weighted by Gasteiger charge is 2.13. The van der Waals surface area contributed by atoms with Crippen LogP contribution < -0.4 is 4.74 Å². The van der Waals surface area contributed by atoms with Crippen molar-refractivity contribution in [3.8, 4) is 5.75 Å². The van der Waals surface area contributed by atoms with E-state index in [1.165, 1.54) is 23.2 Å². The molecule has 4 nitrogen and oxygen atoms in total. The van der Waals surface area contributed by atoms with E-state index in [1.807, 2.05) is 0 Å². The largest absolute Gasteiger partial charge is 0.435 e. The molecule has 0 fully saturated rings. The molecule has 1 amide bonds. The highest BCUT2D eigenvalue weighted by atomic mass is 79.9. The Balaban J connectivity index is 2.02. The van der Waals surface area contributed by atoms with Gasteiger partial charge in [-0.2, -0.15) is 8.78 Å². The van der Waals surface area contributed by atoms with E-state index >= 15 is 0 Å². The average molecular weight is 371 g/mol. The number of halogens is 3. The number of nitrogens with zero attached hydrogens (tertiary/aromatic N) is 2. The number of carbonyl (C=O) groups is 1. The Morgan fingerprint density at radius 3 is 2.59 bits per heavy atom. The first-order valence-electron chi connectivity index (χ1n) is 6.35. The highest BCUT2D eigenvalue weighted by molar-refractivity contribution is 9.10. The second-order valence-corrected chi connectivity index (χ2v) is 5.49. The van der Waals surface area contributed by atoms with Crippen LogP contribution in [0.15, 0.2) is 47.2 Å². The van der Waals surface area contributed by atoms with Crippen LogP contribution in [0.1, 0.15) is 15.9 Å². The summed E-state index contributed by atoms with van der Waals surface area (Å²) >= 11 is 3.27. The Labute approximate surface area is 134 Å². The number of benzene rings is 1. The van der Waals surface area contributed by atoms with E-state index < -0.39 is 6.61 Å². The number of amides is 1. The number of rotatable bonds is 5. The third-order valence-electron chi connectivity index (χ3n) is 2.87. The average Bonchev–Trinajstić information content (AvgIpc) is 2.48. The first-order valence-corrected chi connectivity index (χ1v) is 7.15. The maximum Gasteiger partial charge on any atom is 0.387 e. The van der Waals surface area contributed by atoms with E-state index in [1.54, 1.807) is 31.4 Å². The van der Waals surface area contributed by atoms with Crippen LogP contribution >= 0.6 is 15.9 Å². The van der Waals surface area contributed by atoms with Gasteiger partial charge in [-0.25, -0.2) is 0 Å². The second kappa shape index (κ2) is 7.31. The van der Waals surface area contributed by atoms with Gasteiger partial charge in [0.15, 0.2) is 0 Å². The summed E-state index contributed by atoms with van der Waals surface area (Å²) < 4.78 is 29.1. The van der Waals surface area contributed by atoms with Crippen molar-refractivity contribution in [2.75, 3.05) is 7.05 Å². The van der Waals surface area contributed by atoms with Crippen LogP contribution in [0.3, 0.4) is 0 Å². The maximum atomic E-state index is 12.3. The van der Waals surface area contributed by atoms with Gasteiger partial charge in [-0.1, -0.05) is 12.1 Å². The molecule has 0 aliphatic rings. The molecule has 1 aromatic carbocycles. The fourth-order valence-corrected chi connectivity index (χ4v) is 2.24. The van der Waals surface area contributed by atoms with Gasteiger partial charge in [0.2, 0.25) is 0 Å². The van der Waals surface area contributed by atoms with Gasteiger partial charge in [0.05, 0.1) is 5.56 Å². The minimum Gasteiger partial charge on any atom is -0.435 e. The van der Waals surface area contributed by atoms with E-state index in [0.717, 1.165) is 10.0 Å². The highest BCUT2D eigenvalue weighted by Crippen LogP contribution is 2.17. The summed E-state index contributed by atoms with van der Waals surface area (Å²) in [7, 11) is 1.66. The molecule has 1 aromatic heterocycles. The lowest BCUT2D eigenvalue weighted by Crippen LogP contribution is -2.26. The number of pyridine rings is 1. The maximum absolute atomic E-state index is 12.3. The molecule has 2 aromatic rings. The lowest BCUT2D eigenvalue weighted by Gasteiger charge is -2.17. The SMILES string of the molecule is CN(Cc1ccc(OC(F)F)cc1)C(=O)c1cncc(Br)c1. The zero-order valence-corrected chi connectivity index (χ0v) is 13.3. The summed E-state index contributed by atoms with van der Waals surface area (Å²) in [5.41, 5.74) is 1.27. The van der Waals surface area contributed by atoms with Gasteiger partial charge in [0.25, 0.3) is 5.91 Å². The summed E-state index contributed by atoms with van der Waals surface area (Å²) in [4.78, 5) is 17.7. The van der Waals surface area contributed by atoms with Crippen LogP contribution in [0, 0.1) is 0 Å². The second-order valence-electron chi connectivity index (χ2n) is 4.58. The molecule has 0 spiro atoms. The molecule has 0 atom stereocenters. The Hall–Kier alpha value is -2.02. The summed E-state index contributed by atoms with van der Waals surface area (Å²) in [5.74, 6) is -0.0920. The molecule has 0 radical (unpaired) electrons. The Bertz CT molecular complexity index is 650. The van der Waals surface area contributed by atoms with E-state index in [0.29, 0.717) is 12.1 Å². The molecule has 0 aliphatic carbocycles. The van der Waals surface area contributed by atoms with Crippen molar-refractivity contribution in [3.63, 3.8) is 0 Å². The molecular formula is C15H13BrF2N2O2. The van der Waals surface area contributed by atoms with Crippen molar-refractivity contribution in [2.45, 2.75) is 13.2 Å². The molecule has 0 aliphatic heterocycles. The van der Waals surface area contributed by atoms with Gasteiger partial charge in [-0.05, 0) is 39.7 Å². The number of aromatic nitrogens is 1. The molecule has 116 valence electrons. The first-order chi connectivity index (χ1) is 10.5. The van der Waals surface area contributed by atoms with Gasteiger partial charge in [-0.3, -0.25) is 9.78 Å². The molecule has 0 saturated carbocycles. The smallest absolute Gasteiger partial charge is 0.387 e. The standard InChI is InChI=1S/C15H13BrF2N2O2/c1-20(14(21)11-6-12(16)8-19-7-11)9-10-2-4-13(5-3-10)22-15(17)18/h2-8,15H,9H2,1H3. The molecular weight excluding hydrogens is 358 g/mol. The van der Waals surface area contributed by atoms with E-state index in [4.69, 9.17) is 0 Å². The summed E-state index contributed by atoms with van der Waals surface area (Å²) in [6.07, 6.45) is 3.09. The molecule has 0 saturated heterocycles. The number of hydrogen-bond acceptors (Lipinski definition) is 3. The zero-order chi connectivity index (χ0) is 16.1. The molecule has 22 heavy (non-hydrogen) atoms. The molecule has 1 heterocycles. The number of alkyl halides is 2. The molecule has 0 bridgehead atoms. The van der Waals surface area contributed by atoms with Crippen LogP contribution in [0.4, 0.5) is 8.78 Å². The molecule has 0 unspecified atom stereocenters. The third kappa shape index (κ3) is 4.49. The predicted octanol–water partition coefficient (Wildman–Crippen LogP) is 3.72. The van der Waals surface area contributed by atoms with Gasteiger partial charge < -0.3 is 9.64 Å². The quantitative estimate of drug-likeness (QED) is 0.805. The van der Waals surface area contributed by atoms with Crippen LogP contribution in [0.5, 0.6) is 5.75 Å². The minimum atomic E-state index is -2.85. The molecule has 2 rings (SSSR count). The fraction of sp³-hybridized carbons (Fsp3) is 0.200. The van der Waals surface area contributed by atoms with Crippen LogP contribution in [-0.4, -0.2) is 29.5 Å². The summed E-state index contributed by atoms with van der Waals surface area (Å²) in [6.45, 7) is -2.50. The molecule has 0 N–H and O–H groups in total. The van der Waals surface area contributed by atoms with Gasteiger partial charge in [-0.15, -0.1) is 0 Å². The summed E-state index contributed by atoms with van der Waals surface area (Å²) in [5, 5.41) is 0. The lowest BCUT2D eigenvalue weighted by molar-refractivity contribution is -0.0498. The monoisotopic (exact) mass is 370 g/mol. The van der Waals surface area contributed by atoms with Crippen LogP contribution in [0.2, 0.25) is 0 Å². The van der Waals surface area contributed by atoms with Crippen LogP contribution in [0.25, 0.3) is 0 Å². The Morgan fingerprint density at radius 2 is 2.00 bits per heavy atom.